The van der Waals surface area contributed by atoms with E-state index in [0.29, 0.717) is 40.5 Å². The number of carbonyl (C=O) groups excluding carboxylic acids is 1. The molecular formula is C31H32O6. The van der Waals surface area contributed by atoms with E-state index in [9.17, 15) is 9.90 Å². The van der Waals surface area contributed by atoms with Crippen molar-refractivity contribution in [3.05, 3.63) is 89.0 Å². The summed E-state index contributed by atoms with van der Waals surface area (Å²) < 4.78 is 22.9. The molecule has 0 radical (unpaired) electrons. The molecule has 1 aliphatic heterocycles. The summed E-state index contributed by atoms with van der Waals surface area (Å²) in [6.07, 6.45) is 7.12. The lowest BCUT2D eigenvalue weighted by Gasteiger charge is -2.33. The molecule has 0 saturated carbocycles. The highest BCUT2D eigenvalue weighted by atomic mass is 16.5. The molecule has 1 heterocycles. The van der Waals surface area contributed by atoms with E-state index in [1.165, 1.54) is 7.11 Å². The van der Waals surface area contributed by atoms with Crippen molar-refractivity contribution in [1.29, 1.82) is 0 Å². The lowest BCUT2D eigenvalue weighted by atomic mass is 9.91. The zero-order chi connectivity index (χ0) is 26.4. The van der Waals surface area contributed by atoms with Crippen LogP contribution >= 0.6 is 0 Å². The second-order valence-electron chi connectivity index (χ2n) is 8.81. The molecule has 1 N–H and O–H groups in total. The summed E-state index contributed by atoms with van der Waals surface area (Å²) in [6, 6.07) is 18.5. The largest absolute Gasteiger partial charge is 0.507 e. The molecular weight excluding hydrogens is 468 g/mol. The van der Waals surface area contributed by atoms with Crippen LogP contribution in [0.2, 0.25) is 0 Å². The molecule has 6 heteroatoms. The Balaban J connectivity index is 1.76. The summed E-state index contributed by atoms with van der Waals surface area (Å²) in [4.78, 5) is 13.0. The topological polar surface area (TPSA) is 74.2 Å². The first kappa shape index (κ1) is 25.9. The van der Waals surface area contributed by atoms with Gasteiger partial charge in [0.1, 0.15) is 35.2 Å². The minimum Gasteiger partial charge on any atom is -0.507 e. The Morgan fingerprint density at radius 2 is 1.78 bits per heavy atom. The average molecular weight is 501 g/mol. The maximum Gasteiger partial charge on any atom is 0.338 e. The van der Waals surface area contributed by atoms with Gasteiger partial charge in [-0.05, 0) is 60.9 Å². The minimum atomic E-state index is -0.561. The third-order valence-electron chi connectivity index (χ3n) is 6.69. The molecule has 6 nitrogen and oxygen atoms in total. The van der Waals surface area contributed by atoms with E-state index < -0.39 is 5.97 Å². The highest BCUT2D eigenvalue weighted by molar-refractivity contribution is 6.22. The predicted molar refractivity (Wildman–Crippen MR) is 145 cm³/mol. The Labute approximate surface area is 217 Å². The molecule has 3 aromatic carbocycles. The van der Waals surface area contributed by atoms with Gasteiger partial charge in [0, 0.05) is 17.2 Å². The van der Waals surface area contributed by atoms with Crippen LogP contribution in [0.15, 0.2) is 66.7 Å². The van der Waals surface area contributed by atoms with Crippen molar-refractivity contribution in [1.82, 2.24) is 0 Å². The zero-order valence-corrected chi connectivity index (χ0v) is 21.6. The molecule has 0 saturated heterocycles. The molecule has 3 aromatic rings. The SMILES string of the molecule is CCC1(CC)C=Cc2c(ccc(C=C(C(=O)OC)c3ccc(OC)cc3OCc3ccccc3)c2O)O1. The van der Waals surface area contributed by atoms with Gasteiger partial charge in [-0.2, -0.15) is 0 Å². The highest BCUT2D eigenvalue weighted by Gasteiger charge is 2.30. The van der Waals surface area contributed by atoms with Crippen LogP contribution in [0, 0.1) is 0 Å². The van der Waals surface area contributed by atoms with Crippen molar-refractivity contribution in [3.8, 4) is 23.0 Å². The van der Waals surface area contributed by atoms with Crippen molar-refractivity contribution < 1.29 is 28.8 Å². The van der Waals surface area contributed by atoms with Crippen LogP contribution in [0.3, 0.4) is 0 Å². The van der Waals surface area contributed by atoms with Gasteiger partial charge in [-0.3, -0.25) is 0 Å². The predicted octanol–water partition coefficient (Wildman–Crippen LogP) is 6.66. The van der Waals surface area contributed by atoms with Gasteiger partial charge in [0.05, 0.1) is 25.4 Å². The number of benzene rings is 3. The van der Waals surface area contributed by atoms with E-state index in [1.54, 1.807) is 37.5 Å². The van der Waals surface area contributed by atoms with Gasteiger partial charge in [0.15, 0.2) is 0 Å². The third-order valence-corrected chi connectivity index (χ3v) is 6.69. The number of carbonyl (C=O) groups is 1. The molecule has 37 heavy (non-hydrogen) atoms. The normalized spacial score (nSPS) is 13.9. The fourth-order valence-electron chi connectivity index (χ4n) is 4.31. The van der Waals surface area contributed by atoms with Gasteiger partial charge < -0.3 is 24.1 Å². The first-order chi connectivity index (χ1) is 17.9. The molecule has 0 amide bonds. The van der Waals surface area contributed by atoms with E-state index >= 15 is 0 Å². The molecule has 0 bridgehead atoms. The highest BCUT2D eigenvalue weighted by Crippen LogP contribution is 2.42. The van der Waals surface area contributed by atoms with Gasteiger partial charge >= 0.3 is 5.97 Å². The molecule has 4 rings (SSSR count). The number of hydrogen-bond donors (Lipinski definition) is 1. The Bertz CT molecular complexity index is 1320. The summed E-state index contributed by atoms with van der Waals surface area (Å²) in [6.45, 7) is 4.45. The number of fused-ring (bicyclic) bond motifs is 1. The maximum atomic E-state index is 13.0. The number of hydrogen-bond acceptors (Lipinski definition) is 6. The van der Waals surface area contributed by atoms with Gasteiger partial charge in [0.25, 0.3) is 0 Å². The molecule has 0 aliphatic carbocycles. The van der Waals surface area contributed by atoms with E-state index in [1.807, 2.05) is 48.6 Å². The van der Waals surface area contributed by atoms with Crippen LogP contribution in [0.4, 0.5) is 0 Å². The summed E-state index contributed by atoms with van der Waals surface area (Å²) >= 11 is 0. The average Bonchev–Trinajstić information content (AvgIpc) is 2.95. The smallest absolute Gasteiger partial charge is 0.338 e. The molecule has 0 atom stereocenters. The van der Waals surface area contributed by atoms with Gasteiger partial charge in [-0.15, -0.1) is 0 Å². The number of phenolic OH excluding ortho intramolecular Hbond substituents is 1. The summed E-state index contributed by atoms with van der Waals surface area (Å²) in [7, 11) is 2.89. The van der Waals surface area contributed by atoms with Crippen LogP contribution in [0.25, 0.3) is 17.7 Å². The summed E-state index contributed by atoms with van der Waals surface area (Å²) in [5, 5.41) is 11.1. The van der Waals surface area contributed by atoms with Crippen LogP contribution in [-0.2, 0) is 16.1 Å². The summed E-state index contributed by atoms with van der Waals surface area (Å²) in [5.74, 6) is 1.11. The molecule has 1 aliphatic rings. The fraction of sp³-hybridized carbons (Fsp3) is 0.258. The third kappa shape index (κ3) is 5.48. The fourth-order valence-corrected chi connectivity index (χ4v) is 4.31. The minimum absolute atomic E-state index is 0.0243. The van der Waals surface area contributed by atoms with Crippen molar-refractivity contribution in [3.63, 3.8) is 0 Å². The van der Waals surface area contributed by atoms with Crippen molar-refractivity contribution in [2.75, 3.05) is 14.2 Å². The lowest BCUT2D eigenvalue weighted by molar-refractivity contribution is -0.133. The van der Waals surface area contributed by atoms with Gasteiger partial charge in [-0.25, -0.2) is 4.79 Å². The van der Waals surface area contributed by atoms with Gasteiger partial charge in [0.2, 0.25) is 0 Å². The molecule has 0 fully saturated rings. The standard InChI is InChI=1S/C31H32O6/c1-5-31(6-2)17-16-25-27(37-31)15-12-22(29(25)32)18-26(30(33)35-4)24-14-13-23(34-3)19-28(24)36-20-21-10-8-7-9-11-21/h7-19,32H,5-6,20H2,1-4H3. The lowest BCUT2D eigenvalue weighted by Crippen LogP contribution is -2.33. The number of rotatable bonds is 9. The van der Waals surface area contributed by atoms with Crippen LogP contribution in [0.5, 0.6) is 23.0 Å². The molecule has 192 valence electrons. The van der Waals surface area contributed by atoms with Crippen molar-refractivity contribution in [2.24, 2.45) is 0 Å². The van der Waals surface area contributed by atoms with E-state index in [-0.39, 0.29) is 16.9 Å². The van der Waals surface area contributed by atoms with E-state index in [4.69, 9.17) is 18.9 Å². The van der Waals surface area contributed by atoms with Crippen LogP contribution in [-0.4, -0.2) is 30.9 Å². The van der Waals surface area contributed by atoms with E-state index in [0.717, 1.165) is 18.4 Å². The van der Waals surface area contributed by atoms with Crippen LogP contribution in [0.1, 0.15) is 48.9 Å². The Morgan fingerprint density at radius 1 is 1.03 bits per heavy atom. The molecule has 0 spiro atoms. The first-order valence-corrected chi connectivity index (χ1v) is 12.3. The number of ether oxygens (including phenoxy) is 4. The van der Waals surface area contributed by atoms with Crippen LogP contribution < -0.4 is 14.2 Å². The summed E-state index contributed by atoms with van der Waals surface area (Å²) in [5.41, 5.74) is 2.38. The number of esters is 1. The number of methoxy groups -OCH3 is 2. The Hall–Kier alpha value is -4.19. The molecule has 0 unspecified atom stereocenters. The Kier molecular flexibility index (Phi) is 7.87. The van der Waals surface area contributed by atoms with Crippen molar-refractivity contribution in [2.45, 2.75) is 38.9 Å². The molecule has 0 aromatic heterocycles. The zero-order valence-electron chi connectivity index (χ0n) is 21.6. The van der Waals surface area contributed by atoms with Gasteiger partial charge in [-0.1, -0.05) is 44.2 Å². The second-order valence-corrected chi connectivity index (χ2v) is 8.81. The quantitative estimate of drug-likeness (QED) is 0.201. The Morgan fingerprint density at radius 3 is 2.46 bits per heavy atom. The number of aromatic hydroxyl groups is 1. The monoisotopic (exact) mass is 500 g/mol. The number of phenols is 1. The van der Waals surface area contributed by atoms with Crippen molar-refractivity contribution >= 4 is 23.7 Å². The van der Waals surface area contributed by atoms with E-state index in [2.05, 4.69) is 13.8 Å². The maximum absolute atomic E-state index is 13.0. The second kappa shape index (κ2) is 11.2. The first-order valence-electron chi connectivity index (χ1n) is 12.3.